The molecule has 2 aromatic rings. The Morgan fingerprint density at radius 1 is 0.407 bits per heavy atom. The van der Waals surface area contributed by atoms with Crippen LogP contribution >= 0.6 is 17.0 Å². The predicted molar refractivity (Wildman–Crippen MR) is 401 cm³/mol. The van der Waals surface area contributed by atoms with Gasteiger partial charge in [0.2, 0.25) is 0 Å². The molecular weight excluding hydrogens is 1380 g/mol. The Balaban J connectivity index is -0.00000148. The van der Waals surface area contributed by atoms with Crippen LogP contribution in [0.2, 0.25) is 0 Å². The van der Waals surface area contributed by atoms with Gasteiger partial charge in [-0.1, -0.05) is 267 Å². The van der Waals surface area contributed by atoms with E-state index in [4.69, 9.17) is 17.0 Å². The van der Waals surface area contributed by atoms with Crippen molar-refractivity contribution >= 4 is 40.1 Å². The van der Waals surface area contributed by atoms with Crippen LogP contribution in [0.4, 0.5) is 0 Å². The first-order chi connectivity index (χ1) is 38.6. The van der Waals surface area contributed by atoms with Crippen LogP contribution in [0, 0.1) is 145 Å². The fourth-order valence-electron chi connectivity index (χ4n) is 17.9. The molecule has 2 aromatic carbocycles. The van der Waals surface area contributed by atoms with Gasteiger partial charge in [-0.2, -0.15) is 0 Å². The van der Waals surface area contributed by atoms with Crippen molar-refractivity contribution in [3.05, 3.63) is 244 Å². The van der Waals surface area contributed by atoms with Gasteiger partial charge >= 0.3 is 87.1 Å². The first-order valence-corrected chi connectivity index (χ1v) is 38.8. The van der Waals surface area contributed by atoms with Crippen molar-refractivity contribution in [1.29, 1.82) is 0 Å². The van der Waals surface area contributed by atoms with Crippen LogP contribution in [0.3, 0.4) is 0 Å². The van der Waals surface area contributed by atoms with Gasteiger partial charge in [-0.3, -0.25) is 0 Å². The number of fused-ring (bicyclic) bond motifs is 6. The summed E-state index contributed by atoms with van der Waals surface area (Å²) in [7, 11) is 9.87. The molecule has 10 atom stereocenters. The molecule has 0 heterocycles. The van der Waals surface area contributed by atoms with Crippen LogP contribution < -0.4 is 17.0 Å². The largest absolute Gasteiger partial charge is 4.00 e. The van der Waals surface area contributed by atoms with E-state index in [9.17, 15) is 0 Å². The van der Waals surface area contributed by atoms with Gasteiger partial charge in [-0.15, -0.1) is 13.2 Å². The third-order valence-corrected chi connectivity index (χ3v) is 21.7. The molecule has 4 saturated carbocycles. The van der Waals surface area contributed by atoms with Crippen LogP contribution in [-0.2, 0) is 57.9 Å². The fraction of sp³-hybridized carbons (Fsp3) is 0.541. The third-order valence-electron chi connectivity index (χ3n) is 21.7. The maximum atomic E-state index is 4.93. The molecule has 0 saturated heterocycles. The molecule has 500 valence electrons. The quantitative estimate of drug-likeness (QED) is 0.0680. The number of hydrogen-bond acceptors (Lipinski definition) is 0. The van der Waals surface area contributed by atoms with Crippen LogP contribution in [-0.4, -0.2) is 23.1 Å². The molecule has 10 unspecified atom stereocenters. The van der Waals surface area contributed by atoms with Crippen molar-refractivity contribution in [1.82, 2.24) is 0 Å². The van der Waals surface area contributed by atoms with Crippen molar-refractivity contribution in [2.24, 2.45) is 92.7 Å². The van der Waals surface area contributed by atoms with Gasteiger partial charge in [0.15, 0.2) is 0 Å². The van der Waals surface area contributed by atoms with Crippen LogP contribution in [0.15, 0.2) is 181 Å². The van der Waals surface area contributed by atoms with E-state index >= 15 is 0 Å². The molecule has 0 radical (unpaired) electrons. The van der Waals surface area contributed by atoms with Crippen molar-refractivity contribution in [2.75, 3.05) is 0 Å². The molecule has 8 aliphatic rings. The molecule has 0 aliphatic heterocycles. The molecular formula is C85H129BrCl2MgZr2. The van der Waals surface area contributed by atoms with Gasteiger partial charge in [0, 0.05) is 10.8 Å². The molecule has 10 rings (SSSR count). The molecule has 4 fully saturated rings. The second-order valence-corrected chi connectivity index (χ2v) is 34.2. The number of hydrogen-bond donors (Lipinski definition) is 0. The van der Waals surface area contributed by atoms with E-state index in [1.807, 2.05) is 0 Å². The summed E-state index contributed by atoms with van der Waals surface area (Å²) in [6.07, 6.45) is 56.9. The van der Waals surface area contributed by atoms with Crippen molar-refractivity contribution in [3.63, 3.8) is 0 Å². The Labute approximate surface area is 631 Å². The number of rotatable bonds is 16. The number of halogens is 3. The molecule has 0 spiro atoms. The summed E-state index contributed by atoms with van der Waals surface area (Å²) in [4.78, 5) is 0. The van der Waals surface area contributed by atoms with Crippen LogP contribution in [0.25, 0.3) is 0 Å². The minimum absolute atomic E-state index is 0. The Hall–Kier alpha value is -0.568. The predicted octanol–water partition coefficient (Wildman–Crippen LogP) is 23.2. The zero-order chi connectivity index (χ0) is 58.4. The summed E-state index contributed by atoms with van der Waals surface area (Å²) in [6.45, 7) is 36.9. The Kier molecular flexibility index (Phi) is 42.7. The van der Waals surface area contributed by atoms with Gasteiger partial charge in [0.05, 0.1) is 0 Å². The summed E-state index contributed by atoms with van der Waals surface area (Å²) in [5, 5.41) is 0. The average molecular weight is 1510 g/mol. The van der Waals surface area contributed by atoms with Gasteiger partial charge in [-0.05, 0) is 190 Å². The van der Waals surface area contributed by atoms with E-state index in [1.165, 1.54) is 112 Å². The van der Waals surface area contributed by atoms with Gasteiger partial charge in [0.25, 0.3) is 0 Å². The molecule has 0 aromatic heterocycles. The maximum Gasteiger partial charge on any atom is 4.00 e. The van der Waals surface area contributed by atoms with E-state index < -0.39 is 20.8 Å². The topological polar surface area (TPSA) is 0 Å². The molecule has 0 bridgehead atoms. The minimum atomic E-state index is -0.826. The van der Waals surface area contributed by atoms with Gasteiger partial charge in [0.1, 0.15) is 0 Å². The number of benzene rings is 2. The molecule has 0 amide bonds. The molecule has 6 heteroatoms. The van der Waals surface area contributed by atoms with Gasteiger partial charge in [-0.25, -0.2) is 0 Å². The van der Waals surface area contributed by atoms with E-state index in [-0.39, 0.29) is 151 Å². The third kappa shape index (κ3) is 21.2. The van der Waals surface area contributed by atoms with Crippen molar-refractivity contribution < 1.29 is 64.0 Å². The smallest absolute Gasteiger partial charge is 2.00 e. The summed E-state index contributed by atoms with van der Waals surface area (Å²) in [5.74, 6) is 7.48. The average Bonchev–Trinajstić information content (AvgIpc) is 1.60. The van der Waals surface area contributed by atoms with Crippen LogP contribution in [0.1, 0.15) is 197 Å². The Morgan fingerprint density at radius 3 is 0.846 bits per heavy atom. The van der Waals surface area contributed by atoms with Gasteiger partial charge < -0.3 is 69.0 Å². The minimum Gasteiger partial charge on any atom is 2.00 e. The molecule has 8 aliphatic carbocycles. The molecule has 0 N–H and O–H groups in total. The fourth-order valence-corrected chi connectivity index (χ4v) is 17.9. The molecule has 91 heavy (non-hydrogen) atoms. The van der Waals surface area contributed by atoms with E-state index in [0.717, 1.165) is 24.7 Å². The normalized spacial score (nSPS) is 26.1. The second-order valence-electron chi connectivity index (χ2n) is 30.5. The van der Waals surface area contributed by atoms with E-state index in [2.05, 4.69) is 242 Å². The zero-order valence-electron chi connectivity index (χ0n) is 61.4. The SMILES string of the molecule is C=CCCCCC(c1ccccc1)(C1CCCC1)C1C2C=C(C(C)(C)C)C=CC2C2C=CC(C(C)(C)C)=CC21.C=CCCCCC(c1ccccc1)(C1CCCC1)C1C2C=C(C(C)(C)C)C=CC2C2C=CC(C(C)(C)C)=CC21.[Br-].[CH3-].[CH3-].[CH3-].[CH3-].[CH3-].[CH3-].[CH3-].[Cl][Zr+2][Cl].[Mg+2].[Zr+4]. The van der Waals surface area contributed by atoms with Crippen molar-refractivity contribution in [2.45, 2.75) is 197 Å². The Morgan fingerprint density at radius 2 is 0.637 bits per heavy atom. The summed E-state index contributed by atoms with van der Waals surface area (Å²) in [6, 6.07) is 23.8. The van der Waals surface area contributed by atoms with E-state index in [0.29, 0.717) is 59.2 Å². The standard InChI is InChI=1S/2C39H54.7CH3.BrH.2ClH.Mg.2Zr/c2*1-8-9-10-16-25-39(29-19-14-15-20-29,28-17-12-11-13-18-28)36-34-26-30(37(2,3)4)21-23-32(34)33-24-22-31(27-35(33)36)38(5,6)7;;;;;;;;;;;;;/h2*8,11-13,17-18,21-24,26-27,29,32-36H,1,9-10,14-16,19-20,25H2,2-7H3;7*1H3;3*1H;;;/q;;7*-1;;;;+2;2*+4/p-3. The summed E-state index contributed by atoms with van der Waals surface area (Å²) < 4.78 is 0. The summed E-state index contributed by atoms with van der Waals surface area (Å²) in [5.41, 5.74) is 10.5. The second kappa shape index (κ2) is 41.1. The zero-order valence-corrected chi connectivity index (χ0v) is 70.8. The first-order valence-electron chi connectivity index (χ1n) is 32.5. The van der Waals surface area contributed by atoms with E-state index in [1.54, 1.807) is 11.1 Å². The van der Waals surface area contributed by atoms with Crippen molar-refractivity contribution in [3.8, 4) is 0 Å². The maximum absolute atomic E-state index is 4.93. The molecule has 0 nitrogen and oxygen atoms in total. The Bertz CT molecular complexity index is 2380. The summed E-state index contributed by atoms with van der Waals surface area (Å²) >= 11 is -0.826. The first kappa shape index (κ1) is 94.6. The van der Waals surface area contributed by atoms with Crippen LogP contribution in [0.5, 0.6) is 0 Å². The number of allylic oxidation sites excluding steroid dienone is 18. The monoisotopic (exact) mass is 1500 g/mol. The number of unbranched alkanes of at least 4 members (excludes halogenated alkanes) is 4.